The van der Waals surface area contributed by atoms with Gasteiger partial charge >= 0.3 is 0 Å². The van der Waals surface area contributed by atoms with Crippen LogP contribution in [0.4, 0.5) is 0 Å². The number of fused-ring (bicyclic) bond motifs is 2. The molecule has 0 unspecified atom stereocenters. The number of nitrogens with one attached hydrogen (secondary N) is 1. The molecule has 1 aromatic carbocycles. The average molecular weight is 429 g/mol. The number of nitrogens with zero attached hydrogens (tertiary/aromatic N) is 3. The van der Waals surface area contributed by atoms with Gasteiger partial charge in [-0.05, 0) is 55.5 Å². The van der Waals surface area contributed by atoms with Crippen LogP contribution in [0.1, 0.15) is 24.0 Å². The number of carbonyl (C=O) groups excluding carboxylic acids is 1. The van der Waals surface area contributed by atoms with Gasteiger partial charge in [-0.2, -0.15) is 5.10 Å². The van der Waals surface area contributed by atoms with Gasteiger partial charge in [-0.3, -0.25) is 9.59 Å². The molecule has 1 aliphatic carbocycles. The Labute approximate surface area is 165 Å². The van der Waals surface area contributed by atoms with E-state index in [0.29, 0.717) is 13.1 Å². The Hall–Kier alpha value is -2.41. The topological polar surface area (TPSA) is 68.9 Å². The Balaban J connectivity index is 1.37. The van der Waals surface area contributed by atoms with E-state index >= 15 is 0 Å². The van der Waals surface area contributed by atoms with Crippen molar-refractivity contribution in [1.82, 2.24) is 19.7 Å². The third-order valence-corrected chi connectivity index (χ3v) is 5.55. The highest BCUT2D eigenvalue weighted by Crippen LogP contribution is 2.20. The highest BCUT2D eigenvalue weighted by Gasteiger charge is 2.16. The summed E-state index contributed by atoms with van der Waals surface area (Å²) >= 11 is 3.47. The minimum absolute atomic E-state index is 0.0362. The van der Waals surface area contributed by atoms with E-state index in [4.69, 9.17) is 0 Å². The van der Waals surface area contributed by atoms with Gasteiger partial charge in [0.15, 0.2) is 0 Å². The molecule has 4 rings (SSSR count). The summed E-state index contributed by atoms with van der Waals surface area (Å²) in [4.78, 5) is 24.7. The molecule has 0 spiro atoms. The Bertz CT molecular complexity index is 1050. The molecule has 1 aliphatic rings. The summed E-state index contributed by atoms with van der Waals surface area (Å²) in [5, 5.41) is 8.21. The van der Waals surface area contributed by atoms with Gasteiger partial charge in [-0.1, -0.05) is 15.9 Å². The molecule has 140 valence electrons. The Kier molecular flexibility index (Phi) is 5.11. The molecular weight excluding hydrogens is 408 g/mol. The molecule has 1 amide bonds. The number of hydrogen-bond acceptors (Lipinski definition) is 3. The smallest absolute Gasteiger partial charge is 0.270 e. The van der Waals surface area contributed by atoms with E-state index in [0.717, 1.165) is 52.2 Å². The van der Waals surface area contributed by atoms with Gasteiger partial charge < -0.3 is 9.88 Å². The second kappa shape index (κ2) is 7.68. The molecule has 0 atom stereocenters. The van der Waals surface area contributed by atoms with Crippen molar-refractivity contribution in [3.05, 3.63) is 62.6 Å². The second-order valence-corrected chi connectivity index (χ2v) is 7.80. The van der Waals surface area contributed by atoms with Gasteiger partial charge in [0.2, 0.25) is 5.91 Å². The highest BCUT2D eigenvalue weighted by molar-refractivity contribution is 9.10. The monoisotopic (exact) mass is 428 g/mol. The molecule has 0 radical (unpaired) electrons. The van der Waals surface area contributed by atoms with Crippen LogP contribution in [0.5, 0.6) is 0 Å². The van der Waals surface area contributed by atoms with Crippen LogP contribution in [0, 0.1) is 0 Å². The lowest BCUT2D eigenvalue weighted by Crippen LogP contribution is -2.37. The lowest BCUT2D eigenvalue weighted by atomic mass is 9.94. The molecule has 0 saturated carbocycles. The quantitative estimate of drug-likeness (QED) is 0.678. The summed E-state index contributed by atoms with van der Waals surface area (Å²) in [6.07, 6.45) is 7.58. The zero-order valence-electron chi connectivity index (χ0n) is 14.9. The van der Waals surface area contributed by atoms with Crippen LogP contribution in [-0.4, -0.2) is 26.8 Å². The number of amides is 1. The molecule has 0 fully saturated rings. The maximum atomic E-state index is 12.5. The SMILES string of the molecule is O=C(Cn1ncc2c(c1=O)CCCC2)NCCn1ccc2cc(Br)ccc21. The summed E-state index contributed by atoms with van der Waals surface area (Å²) in [6, 6.07) is 8.18. The Morgan fingerprint density at radius 1 is 1.22 bits per heavy atom. The number of hydrogen-bond donors (Lipinski definition) is 1. The Morgan fingerprint density at radius 2 is 2.07 bits per heavy atom. The van der Waals surface area contributed by atoms with Crippen molar-refractivity contribution in [2.45, 2.75) is 38.8 Å². The molecule has 6 nitrogen and oxygen atoms in total. The molecule has 0 bridgehead atoms. The predicted molar refractivity (Wildman–Crippen MR) is 108 cm³/mol. The Morgan fingerprint density at radius 3 is 2.96 bits per heavy atom. The van der Waals surface area contributed by atoms with Crippen molar-refractivity contribution < 1.29 is 4.79 Å². The van der Waals surface area contributed by atoms with Crippen molar-refractivity contribution in [2.24, 2.45) is 0 Å². The molecule has 3 aromatic rings. The average Bonchev–Trinajstić information content (AvgIpc) is 3.06. The van der Waals surface area contributed by atoms with Crippen LogP contribution in [-0.2, 0) is 30.7 Å². The molecular formula is C20H21BrN4O2. The molecule has 0 aliphatic heterocycles. The van der Waals surface area contributed by atoms with Crippen molar-refractivity contribution in [3.8, 4) is 0 Å². The summed E-state index contributed by atoms with van der Waals surface area (Å²) in [5.74, 6) is -0.195. The number of benzene rings is 1. The van der Waals surface area contributed by atoms with Crippen LogP contribution in [0.15, 0.2) is 45.9 Å². The minimum Gasteiger partial charge on any atom is -0.353 e. The van der Waals surface area contributed by atoms with E-state index in [9.17, 15) is 9.59 Å². The lowest BCUT2D eigenvalue weighted by Gasteiger charge is -2.15. The van der Waals surface area contributed by atoms with Crippen molar-refractivity contribution in [2.75, 3.05) is 6.54 Å². The van der Waals surface area contributed by atoms with Crippen LogP contribution in [0.2, 0.25) is 0 Å². The van der Waals surface area contributed by atoms with E-state index < -0.39 is 0 Å². The number of aromatic nitrogens is 3. The number of aryl methyl sites for hydroxylation is 1. The first-order valence-corrected chi connectivity index (χ1v) is 10.00. The zero-order valence-corrected chi connectivity index (χ0v) is 16.5. The standard InChI is InChI=1S/C20H21BrN4O2/c21-16-5-6-18-14(11-16)7-9-24(18)10-8-22-19(26)13-25-20(27)17-4-2-1-3-15(17)12-23-25/h5-7,9,11-12H,1-4,8,10,13H2,(H,22,26). The summed E-state index contributed by atoms with van der Waals surface area (Å²) in [6.45, 7) is 1.13. The number of rotatable bonds is 5. The second-order valence-electron chi connectivity index (χ2n) is 6.88. The van der Waals surface area contributed by atoms with Gasteiger partial charge in [0, 0.05) is 40.2 Å². The van der Waals surface area contributed by atoms with E-state index in [1.807, 2.05) is 12.3 Å². The van der Waals surface area contributed by atoms with E-state index in [1.165, 1.54) is 4.68 Å². The largest absolute Gasteiger partial charge is 0.353 e. The molecule has 2 heterocycles. The normalized spacial score (nSPS) is 13.5. The lowest BCUT2D eigenvalue weighted by molar-refractivity contribution is -0.121. The van der Waals surface area contributed by atoms with Crippen molar-refractivity contribution in [1.29, 1.82) is 0 Å². The first-order valence-electron chi connectivity index (χ1n) is 9.21. The molecule has 27 heavy (non-hydrogen) atoms. The van der Waals surface area contributed by atoms with E-state index in [2.05, 4.69) is 49.1 Å². The number of halogens is 1. The summed E-state index contributed by atoms with van der Waals surface area (Å²) in [5.41, 5.74) is 2.87. The molecule has 1 N–H and O–H groups in total. The fraction of sp³-hybridized carbons (Fsp3) is 0.350. The molecule has 2 aromatic heterocycles. The third kappa shape index (κ3) is 3.83. The fourth-order valence-corrected chi connectivity index (χ4v) is 4.03. The van der Waals surface area contributed by atoms with Crippen LogP contribution in [0.25, 0.3) is 10.9 Å². The van der Waals surface area contributed by atoms with E-state index in [-0.39, 0.29) is 18.0 Å². The first kappa shape index (κ1) is 18.0. The highest BCUT2D eigenvalue weighted by atomic mass is 79.9. The van der Waals surface area contributed by atoms with Gasteiger partial charge in [-0.25, -0.2) is 4.68 Å². The fourth-order valence-electron chi connectivity index (χ4n) is 3.65. The molecule has 0 saturated heterocycles. The summed E-state index contributed by atoms with van der Waals surface area (Å²) < 4.78 is 4.43. The number of carbonyl (C=O) groups is 1. The van der Waals surface area contributed by atoms with Crippen LogP contribution < -0.4 is 10.9 Å². The first-order chi connectivity index (χ1) is 13.1. The predicted octanol–water partition coefficient (Wildman–Crippen LogP) is 2.66. The molecule has 7 heteroatoms. The van der Waals surface area contributed by atoms with E-state index in [1.54, 1.807) is 6.20 Å². The van der Waals surface area contributed by atoms with Crippen molar-refractivity contribution in [3.63, 3.8) is 0 Å². The maximum absolute atomic E-state index is 12.5. The van der Waals surface area contributed by atoms with Crippen LogP contribution >= 0.6 is 15.9 Å². The zero-order chi connectivity index (χ0) is 18.8. The van der Waals surface area contributed by atoms with Gasteiger partial charge in [0.05, 0.1) is 6.20 Å². The minimum atomic E-state index is -0.195. The van der Waals surface area contributed by atoms with Gasteiger partial charge in [-0.15, -0.1) is 0 Å². The summed E-state index contributed by atoms with van der Waals surface area (Å²) in [7, 11) is 0. The third-order valence-electron chi connectivity index (χ3n) is 5.06. The van der Waals surface area contributed by atoms with Gasteiger partial charge in [0.25, 0.3) is 5.56 Å². The van der Waals surface area contributed by atoms with Gasteiger partial charge in [0.1, 0.15) is 6.54 Å². The maximum Gasteiger partial charge on any atom is 0.270 e. The van der Waals surface area contributed by atoms with Crippen molar-refractivity contribution >= 4 is 32.7 Å². The van der Waals surface area contributed by atoms with Crippen LogP contribution in [0.3, 0.4) is 0 Å².